The van der Waals surface area contributed by atoms with Gasteiger partial charge in [0.1, 0.15) is 0 Å². The van der Waals surface area contributed by atoms with Crippen molar-refractivity contribution < 1.29 is 9.90 Å². The van der Waals surface area contributed by atoms with Gasteiger partial charge in [0.15, 0.2) is 0 Å². The molecule has 110 valence electrons. The molecule has 1 aromatic carbocycles. The van der Waals surface area contributed by atoms with Crippen LogP contribution in [0.2, 0.25) is 0 Å². The lowest BCUT2D eigenvalue weighted by Gasteiger charge is -2.29. The molecular weight excluding hydrogens is 320 g/mol. The fraction of sp³-hybridized carbons (Fsp3) is 0.533. The zero-order valence-electron chi connectivity index (χ0n) is 11.7. The third-order valence-corrected chi connectivity index (χ3v) is 4.12. The molecule has 0 bridgehead atoms. The van der Waals surface area contributed by atoms with Gasteiger partial charge in [0.2, 0.25) is 5.91 Å². The molecule has 4 nitrogen and oxygen atoms in total. The zero-order chi connectivity index (χ0) is 14.5. The monoisotopic (exact) mass is 340 g/mol. The molecule has 0 aromatic heterocycles. The number of halogens is 1. The molecule has 0 aliphatic carbocycles. The average molecular weight is 341 g/mol. The summed E-state index contributed by atoms with van der Waals surface area (Å²) < 4.78 is 1.03. The molecule has 0 spiro atoms. The molecule has 0 radical (unpaired) electrons. The van der Waals surface area contributed by atoms with E-state index in [1.165, 1.54) is 0 Å². The Bertz CT molecular complexity index is 450. The van der Waals surface area contributed by atoms with E-state index in [9.17, 15) is 9.90 Å². The maximum atomic E-state index is 12.0. The van der Waals surface area contributed by atoms with Crippen LogP contribution < -0.4 is 5.32 Å². The maximum Gasteiger partial charge on any atom is 0.234 e. The molecule has 1 aliphatic rings. The van der Waals surface area contributed by atoms with Crippen LogP contribution in [0.25, 0.3) is 0 Å². The van der Waals surface area contributed by atoms with Crippen molar-refractivity contribution in [3.05, 3.63) is 34.3 Å². The molecule has 1 unspecified atom stereocenters. The lowest BCUT2D eigenvalue weighted by Crippen LogP contribution is -2.44. The standard InChI is InChI=1S/C15H21BrN2O2/c1-11(12-4-6-13(16)7-5-12)17-15(20)10-18-8-2-3-14(19)9-18/h4-7,11,14,19H,2-3,8-10H2,1H3,(H,17,20)/t11?,14-/m0/s1. The summed E-state index contributed by atoms with van der Waals surface area (Å²) in [4.78, 5) is 14.0. The molecule has 1 heterocycles. The number of aliphatic hydroxyl groups excluding tert-OH is 1. The summed E-state index contributed by atoms with van der Waals surface area (Å²) >= 11 is 3.40. The first-order valence-electron chi connectivity index (χ1n) is 7.00. The fourth-order valence-corrected chi connectivity index (χ4v) is 2.76. The van der Waals surface area contributed by atoms with Gasteiger partial charge in [-0.15, -0.1) is 0 Å². The minimum absolute atomic E-state index is 0.00881. The van der Waals surface area contributed by atoms with Crippen molar-refractivity contribution in [3.8, 4) is 0 Å². The molecule has 1 aliphatic heterocycles. The molecule has 2 atom stereocenters. The van der Waals surface area contributed by atoms with E-state index in [2.05, 4.69) is 21.2 Å². The number of β-amino-alcohol motifs (C(OH)–C–C–N with tert-alkyl or cyclic N) is 1. The molecule has 20 heavy (non-hydrogen) atoms. The van der Waals surface area contributed by atoms with Crippen LogP contribution in [0.15, 0.2) is 28.7 Å². The minimum Gasteiger partial charge on any atom is -0.392 e. The lowest BCUT2D eigenvalue weighted by molar-refractivity contribution is -0.123. The van der Waals surface area contributed by atoms with E-state index in [0.29, 0.717) is 13.1 Å². The number of piperidine rings is 1. The molecule has 2 rings (SSSR count). The highest BCUT2D eigenvalue weighted by Crippen LogP contribution is 2.16. The first-order valence-corrected chi connectivity index (χ1v) is 7.79. The van der Waals surface area contributed by atoms with Gasteiger partial charge in [-0.1, -0.05) is 28.1 Å². The van der Waals surface area contributed by atoms with E-state index in [1.807, 2.05) is 36.1 Å². The number of benzene rings is 1. The number of hydrogen-bond acceptors (Lipinski definition) is 3. The van der Waals surface area contributed by atoms with Gasteiger partial charge >= 0.3 is 0 Å². The molecule has 2 N–H and O–H groups in total. The van der Waals surface area contributed by atoms with Gasteiger partial charge in [-0.05, 0) is 44.0 Å². The molecule has 1 aromatic rings. The second-order valence-corrected chi connectivity index (χ2v) is 6.29. The predicted molar refractivity (Wildman–Crippen MR) is 82.4 cm³/mol. The quantitative estimate of drug-likeness (QED) is 0.882. The maximum absolute atomic E-state index is 12.0. The lowest BCUT2D eigenvalue weighted by atomic mass is 10.1. The summed E-state index contributed by atoms with van der Waals surface area (Å²) in [6.45, 7) is 3.82. The van der Waals surface area contributed by atoms with Gasteiger partial charge < -0.3 is 10.4 Å². The Labute approximate surface area is 128 Å². The van der Waals surface area contributed by atoms with Crippen LogP contribution in [0.3, 0.4) is 0 Å². The number of rotatable bonds is 4. The fourth-order valence-electron chi connectivity index (χ4n) is 2.50. The zero-order valence-corrected chi connectivity index (χ0v) is 13.3. The number of nitrogens with one attached hydrogen (secondary N) is 1. The van der Waals surface area contributed by atoms with Crippen molar-refractivity contribution in [2.75, 3.05) is 19.6 Å². The van der Waals surface area contributed by atoms with Gasteiger partial charge in [-0.3, -0.25) is 9.69 Å². The van der Waals surface area contributed by atoms with Crippen LogP contribution in [0, 0.1) is 0 Å². The van der Waals surface area contributed by atoms with Crippen molar-refractivity contribution in [2.45, 2.75) is 31.9 Å². The first-order chi connectivity index (χ1) is 9.54. The Kier molecular flexibility index (Phi) is 5.57. The number of carbonyl (C=O) groups is 1. The van der Waals surface area contributed by atoms with Crippen molar-refractivity contribution in [2.24, 2.45) is 0 Å². The van der Waals surface area contributed by atoms with Gasteiger partial charge in [-0.2, -0.15) is 0 Å². The minimum atomic E-state index is -0.291. The summed E-state index contributed by atoms with van der Waals surface area (Å²) in [5.74, 6) is 0.00881. The molecule has 1 fully saturated rings. The van der Waals surface area contributed by atoms with Crippen molar-refractivity contribution in [1.82, 2.24) is 10.2 Å². The Morgan fingerprint density at radius 3 is 2.85 bits per heavy atom. The summed E-state index contributed by atoms with van der Waals surface area (Å²) in [5, 5.41) is 12.6. The second kappa shape index (κ2) is 7.20. The van der Waals surface area contributed by atoms with Crippen LogP contribution in [0.5, 0.6) is 0 Å². The van der Waals surface area contributed by atoms with E-state index in [1.54, 1.807) is 0 Å². The van der Waals surface area contributed by atoms with Gasteiger partial charge in [0.05, 0.1) is 18.7 Å². The predicted octanol–water partition coefficient (Wildman–Crippen LogP) is 2.08. The number of aliphatic hydroxyl groups is 1. The van der Waals surface area contributed by atoms with Crippen LogP contribution >= 0.6 is 15.9 Å². The van der Waals surface area contributed by atoms with Gasteiger partial charge in [0, 0.05) is 11.0 Å². The topological polar surface area (TPSA) is 52.6 Å². The van der Waals surface area contributed by atoms with E-state index in [-0.39, 0.29) is 18.1 Å². The van der Waals surface area contributed by atoms with E-state index in [4.69, 9.17) is 0 Å². The summed E-state index contributed by atoms with van der Waals surface area (Å²) in [7, 11) is 0. The second-order valence-electron chi connectivity index (χ2n) is 5.37. The SMILES string of the molecule is CC(NC(=O)CN1CCC[C@H](O)C1)c1ccc(Br)cc1. The normalized spacial score (nSPS) is 21.4. The van der Waals surface area contributed by atoms with Crippen molar-refractivity contribution in [1.29, 1.82) is 0 Å². The number of hydrogen-bond donors (Lipinski definition) is 2. The van der Waals surface area contributed by atoms with Crippen LogP contribution in [-0.4, -0.2) is 41.7 Å². The van der Waals surface area contributed by atoms with Crippen molar-refractivity contribution in [3.63, 3.8) is 0 Å². The number of carbonyl (C=O) groups excluding carboxylic acids is 1. The third-order valence-electron chi connectivity index (χ3n) is 3.60. The number of nitrogens with zero attached hydrogens (tertiary/aromatic N) is 1. The number of likely N-dealkylation sites (tertiary alicyclic amines) is 1. The van der Waals surface area contributed by atoms with Crippen LogP contribution in [0.4, 0.5) is 0 Å². The smallest absolute Gasteiger partial charge is 0.234 e. The van der Waals surface area contributed by atoms with Gasteiger partial charge in [-0.25, -0.2) is 0 Å². The molecule has 0 saturated carbocycles. The molecule has 1 amide bonds. The number of amides is 1. The average Bonchev–Trinajstić information content (AvgIpc) is 2.39. The highest BCUT2D eigenvalue weighted by atomic mass is 79.9. The van der Waals surface area contributed by atoms with E-state index < -0.39 is 0 Å². The largest absolute Gasteiger partial charge is 0.392 e. The Morgan fingerprint density at radius 2 is 2.20 bits per heavy atom. The first kappa shape index (κ1) is 15.5. The summed E-state index contributed by atoms with van der Waals surface area (Å²) in [6.07, 6.45) is 1.50. The molecular formula is C15H21BrN2O2. The summed E-state index contributed by atoms with van der Waals surface area (Å²) in [6, 6.07) is 7.93. The Balaban J connectivity index is 1.83. The van der Waals surface area contributed by atoms with E-state index in [0.717, 1.165) is 29.4 Å². The van der Waals surface area contributed by atoms with E-state index >= 15 is 0 Å². The van der Waals surface area contributed by atoms with Crippen LogP contribution in [-0.2, 0) is 4.79 Å². The molecule has 5 heteroatoms. The van der Waals surface area contributed by atoms with Gasteiger partial charge in [0.25, 0.3) is 0 Å². The highest BCUT2D eigenvalue weighted by Gasteiger charge is 2.20. The third kappa shape index (κ3) is 4.58. The Morgan fingerprint density at radius 1 is 1.50 bits per heavy atom. The van der Waals surface area contributed by atoms with Crippen LogP contribution in [0.1, 0.15) is 31.4 Å². The Hall–Kier alpha value is -0.910. The summed E-state index contributed by atoms with van der Waals surface area (Å²) in [5.41, 5.74) is 1.08. The van der Waals surface area contributed by atoms with Crippen molar-refractivity contribution >= 4 is 21.8 Å². The highest BCUT2D eigenvalue weighted by molar-refractivity contribution is 9.10. The molecule has 1 saturated heterocycles.